The maximum Gasteiger partial charge on any atom is 0.225 e. The first-order chi connectivity index (χ1) is 13.9. The molecule has 156 valence electrons. The fraction of sp³-hybridized carbons (Fsp3) is 0.409. The van der Waals surface area contributed by atoms with Crippen LogP contribution >= 0.6 is 0 Å². The minimum absolute atomic E-state index is 0.0622. The molecule has 1 aliphatic rings. The van der Waals surface area contributed by atoms with Crippen molar-refractivity contribution in [2.45, 2.75) is 43.6 Å². The smallest absolute Gasteiger partial charge is 0.225 e. The van der Waals surface area contributed by atoms with E-state index in [0.717, 1.165) is 31.4 Å². The number of hydrogen-bond donors (Lipinski definition) is 1. The lowest BCUT2D eigenvalue weighted by Gasteiger charge is -2.23. The van der Waals surface area contributed by atoms with Crippen molar-refractivity contribution in [3.8, 4) is 5.75 Å². The molecule has 1 saturated heterocycles. The van der Waals surface area contributed by atoms with Crippen molar-refractivity contribution in [2.75, 3.05) is 24.3 Å². The van der Waals surface area contributed by atoms with Crippen molar-refractivity contribution in [3.63, 3.8) is 0 Å². The second-order valence-electron chi connectivity index (χ2n) is 7.23. The molecule has 0 bridgehead atoms. The van der Waals surface area contributed by atoms with Gasteiger partial charge in [0.2, 0.25) is 5.91 Å². The summed E-state index contributed by atoms with van der Waals surface area (Å²) < 4.78 is 36.4. The SMILES string of the molecule is Cc1ccc(S(=O)(=O)CCC(=O)Nc2ccccc2OCC2CCCCO2)cc1. The van der Waals surface area contributed by atoms with Crippen LogP contribution in [0.2, 0.25) is 0 Å². The molecule has 1 heterocycles. The van der Waals surface area contributed by atoms with Crippen LogP contribution in [0, 0.1) is 6.92 Å². The molecule has 1 fully saturated rings. The van der Waals surface area contributed by atoms with Crippen LogP contribution in [0.4, 0.5) is 5.69 Å². The molecule has 1 amide bonds. The van der Waals surface area contributed by atoms with Gasteiger partial charge >= 0.3 is 0 Å². The number of anilines is 1. The lowest BCUT2D eigenvalue weighted by Crippen LogP contribution is -2.26. The molecule has 7 heteroatoms. The normalized spacial score (nSPS) is 16.9. The number of nitrogens with one attached hydrogen (secondary N) is 1. The van der Waals surface area contributed by atoms with Crippen molar-refractivity contribution in [3.05, 3.63) is 54.1 Å². The van der Waals surface area contributed by atoms with Gasteiger partial charge in [-0.25, -0.2) is 8.42 Å². The maximum atomic E-state index is 12.4. The van der Waals surface area contributed by atoms with E-state index >= 15 is 0 Å². The molecule has 1 atom stereocenters. The lowest BCUT2D eigenvalue weighted by molar-refractivity contribution is -0.115. The van der Waals surface area contributed by atoms with Crippen molar-refractivity contribution in [2.24, 2.45) is 0 Å². The number of aryl methyl sites for hydroxylation is 1. The third kappa shape index (κ3) is 6.30. The molecular weight excluding hydrogens is 390 g/mol. The largest absolute Gasteiger partial charge is 0.489 e. The third-order valence-corrected chi connectivity index (χ3v) is 6.57. The number of ether oxygens (including phenoxy) is 2. The highest BCUT2D eigenvalue weighted by atomic mass is 32.2. The minimum Gasteiger partial charge on any atom is -0.489 e. The van der Waals surface area contributed by atoms with Gasteiger partial charge in [0.05, 0.1) is 22.4 Å². The number of sulfone groups is 1. The molecule has 0 aliphatic carbocycles. The second-order valence-corrected chi connectivity index (χ2v) is 9.33. The highest BCUT2D eigenvalue weighted by molar-refractivity contribution is 7.91. The summed E-state index contributed by atoms with van der Waals surface area (Å²) in [5.74, 6) is -0.0667. The molecule has 2 aromatic carbocycles. The fourth-order valence-electron chi connectivity index (χ4n) is 3.12. The zero-order chi connectivity index (χ0) is 20.7. The van der Waals surface area contributed by atoms with Gasteiger partial charge in [-0.15, -0.1) is 0 Å². The van der Waals surface area contributed by atoms with Gasteiger partial charge in [-0.2, -0.15) is 0 Å². The van der Waals surface area contributed by atoms with Crippen LogP contribution in [0.15, 0.2) is 53.4 Å². The maximum absolute atomic E-state index is 12.4. The monoisotopic (exact) mass is 417 g/mol. The summed E-state index contributed by atoms with van der Waals surface area (Å²) in [6, 6.07) is 13.8. The Morgan fingerprint density at radius 3 is 2.62 bits per heavy atom. The van der Waals surface area contributed by atoms with E-state index < -0.39 is 9.84 Å². The summed E-state index contributed by atoms with van der Waals surface area (Å²) in [7, 11) is -3.51. The quantitative estimate of drug-likeness (QED) is 0.707. The lowest BCUT2D eigenvalue weighted by atomic mass is 10.1. The molecule has 3 rings (SSSR count). The predicted octanol–water partition coefficient (Wildman–Crippen LogP) is 3.75. The van der Waals surface area contributed by atoms with Crippen molar-refractivity contribution >= 4 is 21.4 Å². The number of rotatable bonds is 8. The summed E-state index contributed by atoms with van der Waals surface area (Å²) in [5.41, 5.74) is 1.51. The van der Waals surface area contributed by atoms with Crippen LogP contribution in [0.5, 0.6) is 5.75 Å². The van der Waals surface area contributed by atoms with Crippen molar-refractivity contribution < 1.29 is 22.7 Å². The van der Waals surface area contributed by atoms with E-state index in [1.165, 1.54) is 0 Å². The van der Waals surface area contributed by atoms with E-state index in [1.807, 2.05) is 13.0 Å². The highest BCUT2D eigenvalue weighted by Gasteiger charge is 2.18. The Bertz CT molecular complexity index is 918. The van der Waals surface area contributed by atoms with Crippen LogP contribution < -0.4 is 10.1 Å². The van der Waals surface area contributed by atoms with Crippen LogP contribution in [-0.2, 0) is 19.4 Å². The van der Waals surface area contributed by atoms with Gasteiger partial charge < -0.3 is 14.8 Å². The van der Waals surface area contributed by atoms with Crippen molar-refractivity contribution in [1.29, 1.82) is 0 Å². The number of para-hydroxylation sites is 2. The van der Waals surface area contributed by atoms with Gasteiger partial charge in [0, 0.05) is 13.0 Å². The van der Waals surface area contributed by atoms with Gasteiger partial charge in [0.1, 0.15) is 12.4 Å². The summed E-state index contributed by atoms with van der Waals surface area (Å²) in [6.45, 7) is 3.07. The molecule has 0 aromatic heterocycles. The van der Waals surface area contributed by atoms with Gasteiger partial charge in [-0.05, 0) is 50.5 Å². The van der Waals surface area contributed by atoms with E-state index in [0.29, 0.717) is 18.0 Å². The predicted molar refractivity (Wildman–Crippen MR) is 112 cm³/mol. The topological polar surface area (TPSA) is 81.7 Å². The molecule has 1 aliphatic heterocycles. The fourth-order valence-corrected chi connectivity index (χ4v) is 4.36. The number of carbonyl (C=O) groups excluding carboxylic acids is 1. The molecule has 29 heavy (non-hydrogen) atoms. The Kier molecular flexibility index (Phi) is 7.28. The first-order valence-electron chi connectivity index (χ1n) is 9.87. The number of carbonyl (C=O) groups is 1. The Labute approximate surface area is 172 Å². The van der Waals surface area contributed by atoms with Crippen LogP contribution in [0.25, 0.3) is 0 Å². The first-order valence-corrected chi connectivity index (χ1v) is 11.5. The zero-order valence-corrected chi connectivity index (χ0v) is 17.4. The Hall–Kier alpha value is -2.38. The highest BCUT2D eigenvalue weighted by Crippen LogP contribution is 2.25. The zero-order valence-electron chi connectivity index (χ0n) is 16.6. The summed E-state index contributed by atoms with van der Waals surface area (Å²) in [5, 5.41) is 2.76. The molecule has 1 N–H and O–H groups in total. The average Bonchev–Trinajstić information content (AvgIpc) is 2.73. The van der Waals surface area contributed by atoms with E-state index in [1.54, 1.807) is 42.5 Å². The molecule has 0 radical (unpaired) electrons. The number of hydrogen-bond acceptors (Lipinski definition) is 5. The van der Waals surface area contributed by atoms with Crippen LogP contribution in [-0.4, -0.2) is 39.4 Å². The third-order valence-electron chi connectivity index (χ3n) is 4.84. The number of amides is 1. The minimum atomic E-state index is -3.51. The standard InChI is InChI=1S/C22H27NO5S/c1-17-9-11-19(12-10-17)29(25,26)15-13-22(24)23-20-7-2-3-8-21(20)28-16-18-6-4-5-14-27-18/h2-3,7-12,18H,4-6,13-16H2,1H3,(H,23,24). The van der Waals surface area contributed by atoms with E-state index in [9.17, 15) is 13.2 Å². The molecule has 6 nitrogen and oxygen atoms in total. The summed E-state index contributed by atoms with van der Waals surface area (Å²) in [4.78, 5) is 12.6. The molecule has 1 unspecified atom stereocenters. The van der Waals surface area contributed by atoms with Gasteiger partial charge in [-0.3, -0.25) is 4.79 Å². The molecule has 0 saturated carbocycles. The number of benzene rings is 2. The Morgan fingerprint density at radius 1 is 1.14 bits per heavy atom. The average molecular weight is 418 g/mol. The van der Waals surface area contributed by atoms with E-state index in [4.69, 9.17) is 9.47 Å². The molecule has 2 aromatic rings. The van der Waals surface area contributed by atoms with Crippen LogP contribution in [0.3, 0.4) is 0 Å². The van der Waals surface area contributed by atoms with Crippen molar-refractivity contribution in [1.82, 2.24) is 0 Å². The Balaban J connectivity index is 1.55. The van der Waals surface area contributed by atoms with Gasteiger partial charge in [0.25, 0.3) is 0 Å². The second kappa shape index (κ2) is 9.89. The molecule has 0 spiro atoms. The van der Waals surface area contributed by atoms with Gasteiger partial charge in [0.15, 0.2) is 9.84 Å². The van der Waals surface area contributed by atoms with E-state index in [2.05, 4.69) is 5.32 Å². The summed E-state index contributed by atoms with van der Waals surface area (Å²) >= 11 is 0. The van der Waals surface area contributed by atoms with Gasteiger partial charge in [-0.1, -0.05) is 29.8 Å². The van der Waals surface area contributed by atoms with Crippen LogP contribution in [0.1, 0.15) is 31.2 Å². The first kappa shape index (κ1) is 21.3. The van der Waals surface area contributed by atoms with E-state index in [-0.39, 0.29) is 29.1 Å². The molecular formula is C22H27NO5S. The Morgan fingerprint density at radius 2 is 1.90 bits per heavy atom. The summed E-state index contributed by atoms with van der Waals surface area (Å²) in [6.07, 6.45) is 3.10.